The number of nitrogens with one attached hydrogen (secondary N) is 2. The number of hydrogen-bond acceptors (Lipinski definition) is 4. The lowest BCUT2D eigenvalue weighted by Crippen LogP contribution is -2.35. The first-order valence-electron chi connectivity index (χ1n) is 8.92. The summed E-state index contributed by atoms with van der Waals surface area (Å²) in [7, 11) is 0. The summed E-state index contributed by atoms with van der Waals surface area (Å²) < 4.78 is 0. The maximum atomic E-state index is 12.4. The Labute approximate surface area is 149 Å². The van der Waals surface area contributed by atoms with E-state index in [1.807, 2.05) is 25.1 Å². The Morgan fingerprint density at radius 1 is 1.32 bits per heavy atom. The lowest BCUT2D eigenvalue weighted by molar-refractivity contribution is -0.118. The van der Waals surface area contributed by atoms with Crippen molar-refractivity contribution in [2.45, 2.75) is 40.0 Å². The molecule has 1 saturated heterocycles. The molecule has 0 atom stereocenters. The normalized spacial score (nSPS) is 15.5. The molecule has 2 aromatic heterocycles. The molecule has 1 aliphatic rings. The fraction of sp³-hybridized carbons (Fsp3) is 0.526. The molecule has 0 spiro atoms. The molecule has 0 bridgehead atoms. The Kier molecular flexibility index (Phi) is 5.18. The van der Waals surface area contributed by atoms with Crippen molar-refractivity contribution in [2.24, 2.45) is 5.41 Å². The molecule has 3 heterocycles. The fourth-order valence-electron chi connectivity index (χ4n) is 3.38. The lowest BCUT2D eigenvalue weighted by atomic mass is 9.88. The van der Waals surface area contributed by atoms with Crippen molar-refractivity contribution in [1.29, 1.82) is 0 Å². The predicted molar refractivity (Wildman–Crippen MR) is 99.3 cm³/mol. The summed E-state index contributed by atoms with van der Waals surface area (Å²) >= 11 is 0. The van der Waals surface area contributed by atoms with Crippen LogP contribution in [0.2, 0.25) is 0 Å². The van der Waals surface area contributed by atoms with Crippen LogP contribution in [0.25, 0.3) is 11.3 Å². The van der Waals surface area contributed by atoms with Crippen LogP contribution in [0, 0.1) is 12.3 Å². The van der Waals surface area contributed by atoms with Gasteiger partial charge in [-0.1, -0.05) is 13.8 Å². The van der Waals surface area contributed by atoms with Crippen molar-refractivity contribution in [3.8, 4) is 11.3 Å². The second-order valence-electron chi connectivity index (χ2n) is 7.73. The molecule has 3 rings (SSSR count). The zero-order valence-electron chi connectivity index (χ0n) is 15.3. The van der Waals surface area contributed by atoms with E-state index in [4.69, 9.17) is 0 Å². The summed E-state index contributed by atoms with van der Waals surface area (Å²) in [5.41, 5.74) is 2.63. The van der Waals surface area contributed by atoms with Gasteiger partial charge < -0.3 is 10.2 Å². The number of carbonyl (C=O) groups is 1. The van der Waals surface area contributed by atoms with Crippen molar-refractivity contribution in [1.82, 2.24) is 20.1 Å². The quantitative estimate of drug-likeness (QED) is 0.846. The number of likely N-dealkylation sites (tertiary alicyclic amines) is 1. The highest BCUT2D eigenvalue weighted by atomic mass is 16.1. The van der Waals surface area contributed by atoms with Crippen molar-refractivity contribution in [3.05, 3.63) is 30.1 Å². The minimum Gasteiger partial charge on any atom is -0.311 e. The minimum absolute atomic E-state index is 0.0152. The van der Waals surface area contributed by atoms with Gasteiger partial charge in [0.1, 0.15) is 5.82 Å². The molecule has 0 aliphatic carbocycles. The smallest absolute Gasteiger partial charge is 0.226 e. The third-order valence-corrected chi connectivity index (χ3v) is 4.55. The second kappa shape index (κ2) is 7.35. The van der Waals surface area contributed by atoms with Gasteiger partial charge in [0.15, 0.2) is 0 Å². The van der Waals surface area contributed by atoms with Crippen LogP contribution in [0.15, 0.2) is 24.4 Å². The van der Waals surface area contributed by atoms with Gasteiger partial charge in [-0.2, -0.15) is 5.10 Å². The number of amides is 1. The van der Waals surface area contributed by atoms with Crippen LogP contribution < -0.4 is 5.32 Å². The van der Waals surface area contributed by atoms with E-state index in [1.165, 1.54) is 12.8 Å². The summed E-state index contributed by atoms with van der Waals surface area (Å²) in [4.78, 5) is 19.1. The zero-order chi connectivity index (χ0) is 17.9. The Morgan fingerprint density at radius 2 is 2.08 bits per heavy atom. The molecule has 1 amide bonds. The van der Waals surface area contributed by atoms with Crippen LogP contribution in [-0.2, 0) is 4.79 Å². The van der Waals surface area contributed by atoms with Gasteiger partial charge in [-0.25, -0.2) is 0 Å². The van der Waals surface area contributed by atoms with E-state index in [9.17, 15) is 4.79 Å². The van der Waals surface area contributed by atoms with E-state index >= 15 is 0 Å². The molecule has 2 aromatic rings. The van der Waals surface area contributed by atoms with Gasteiger partial charge in [0, 0.05) is 36.5 Å². The number of anilines is 1. The summed E-state index contributed by atoms with van der Waals surface area (Å²) in [6, 6.07) is 5.77. The molecule has 134 valence electrons. The second-order valence-corrected chi connectivity index (χ2v) is 7.73. The average molecular weight is 341 g/mol. The van der Waals surface area contributed by atoms with Crippen molar-refractivity contribution >= 4 is 11.7 Å². The zero-order valence-corrected chi connectivity index (χ0v) is 15.3. The fourth-order valence-corrected chi connectivity index (χ4v) is 3.38. The molecule has 0 radical (unpaired) electrons. The molecule has 0 aromatic carbocycles. The monoisotopic (exact) mass is 341 g/mol. The Hall–Kier alpha value is -2.21. The van der Waals surface area contributed by atoms with E-state index in [0.29, 0.717) is 12.2 Å². The highest BCUT2D eigenvalue weighted by Crippen LogP contribution is 2.25. The van der Waals surface area contributed by atoms with Crippen LogP contribution in [0.3, 0.4) is 0 Å². The van der Waals surface area contributed by atoms with Crippen molar-refractivity contribution in [2.75, 3.05) is 25.0 Å². The number of nitrogens with zero attached hydrogens (tertiary/aromatic N) is 3. The summed E-state index contributed by atoms with van der Waals surface area (Å²) in [5, 5.41) is 10.1. The molecular formula is C19H27N5O. The third-order valence-electron chi connectivity index (χ3n) is 4.55. The van der Waals surface area contributed by atoms with Crippen molar-refractivity contribution < 1.29 is 4.79 Å². The molecule has 6 nitrogen and oxygen atoms in total. The summed E-state index contributed by atoms with van der Waals surface area (Å²) in [5.74, 6) is 0.638. The van der Waals surface area contributed by atoms with Crippen LogP contribution in [0.4, 0.5) is 5.82 Å². The molecule has 6 heteroatoms. The van der Waals surface area contributed by atoms with Gasteiger partial charge in [-0.05, 0) is 50.4 Å². The van der Waals surface area contributed by atoms with Gasteiger partial charge in [0.25, 0.3) is 0 Å². The molecule has 0 saturated carbocycles. The lowest BCUT2D eigenvalue weighted by Gasteiger charge is -2.29. The van der Waals surface area contributed by atoms with Crippen LogP contribution >= 0.6 is 0 Å². The highest BCUT2D eigenvalue weighted by Gasteiger charge is 2.26. The standard InChI is InChI=1S/C19H27N5O/c1-14-6-7-15(12-20-14)16-10-17(23-22-16)21-18(25)11-19(2,3)13-24-8-4-5-9-24/h6-7,10,12H,4-5,8-9,11,13H2,1-3H3,(H2,21,22,23,25). The van der Waals surface area contributed by atoms with Crippen LogP contribution in [0.1, 0.15) is 38.8 Å². The van der Waals surface area contributed by atoms with E-state index < -0.39 is 0 Å². The largest absolute Gasteiger partial charge is 0.311 e. The molecular weight excluding hydrogens is 314 g/mol. The van der Waals surface area contributed by atoms with E-state index in [0.717, 1.165) is 36.6 Å². The Morgan fingerprint density at radius 3 is 2.76 bits per heavy atom. The van der Waals surface area contributed by atoms with E-state index in [1.54, 1.807) is 6.20 Å². The first kappa shape index (κ1) is 17.6. The highest BCUT2D eigenvalue weighted by molar-refractivity contribution is 5.90. The number of H-pyrrole nitrogens is 1. The number of aryl methyl sites for hydroxylation is 1. The van der Waals surface area contributed by atoms with E-state index in [2.05, 4.69) is 39.2 Å². The van der Waals surface area contributed by atoms with Gasteiger partial charge in [0.2, 0.25) is 5.91 Å². The number of pyridine rings is 1. The van der Waals surface area contributed by atoms with Crippen molar-refractivity contribution in [3.63, 3.8) is 0 Å². The van der Waals surface area contributed by atoms with Gasteiger partial charge in [0.05, 0.1) is 5.69 Å². The SMILES string of the molecule is Cc1ccc(-c2cc(NC(=O)CC(C)(C)CN3CCCC3)[nH]n2)cn1. The molecule has 1 aliphatic heterocycles. The summed E-state index contributed by atoms with van der Waals surface area (Å²) in [6.45, 7) is 9.52. The van der Waals surface area contributed by atoms with Crippen LogP contribution in [0.5, 0.6) is 0 Å². The first-order valence-corrected chi connectivity index (χ1v) is 8.92. The number of aromatic amines is 1. The number of rotatable bonds is 6. The Balaban J connectivity index is 1.56. The molecule has 2 N–H and O–H groups in total. The maximum Gasteiger partial charge on any atom is 0.226 e. The van der Waals surface area contributed by atoms with Crippen LogP contribution in [-0.4, -0.2) is 45.6 Å². The number of aromatic nitrogens is 3. The molecule has 1 fully saturated rings. The number of carbonyl (C=O) groups excluding carboxylic acids is 1. The van der Waals surface area contributed by atoms with Gasteiger partial charge in [-0.3, -0.25) is 14.9 Å². The topological polar surface area (TPSA) is 73.9 Å². The minimum atomic E-state index is -0.0435. The number of hydrogen-bond donors (Lipinski definition) is 2. The molecule has 0 unspecified atom stereocenters. The average Bonchev–Trinajstić information content (AvgIpc) is 3.19. The maximum absolute atomic E-state index is 12.4. The predicted octanol–water partition coefficient (Wildman–Crippen LogP) is 3.23. The third kappa shape index (κ3) is 4.89. The first-order chi connectivity index (χ1) is 11.9. The Bertz CT molecular complexity index is 714. The van der Waals surface area contributed by atoms with Gasteiger partial charge in [-0.15, -0.1) is 0 Å². The summed E-state index contributed by atoms with van der Waals surface area (Å²) in [6.07, 6.45) is 4.82. The van der Waals surface area contributed by atoms with Gasteiger partial charge >= 0.3 is 0 Å². The molecule has 25 heavy (non-hydrogen) atoms. The van der Waals surface area contributed by atoms with E-state index in [-0.39, 0.29) is 11.3 Å².